The lowest BCUT2D eigenvalue weighted by Gasteiger charge is -2.32. The van der Waals surface area contributed by atoms with Crippen LogP contribution in [0.2, 0.25) is 0 Å². The average Bonchev–Trinajstić information content (AvgIpc) is 3.04. The summed E-state index contributed by atoms with van der Waals surface area (Å²) in [7, 11) is 0. The Morgan fingerprint density at radius 3 is 2.21 bits per heavy atom. The Morgan fingerprint density at radius 1 is 1.21 bits per heavy atom. The lowest BCUT2D eigenvalue weighted by molar-refractivity contribution is -0.117. The van der Waals surface area contributed by atoms with E-state index in [2.05, 4.69) is 34.3 Å². The van der Waals surface area contributed by atoms with Gasteiger partial charge in [-0.15, -0.1) is 0 Å². The summed E-state index contributed by atoms with van der Waals surface area (Å²) in [5.41, 5.74) is 6.09. The fourth-order valence-corrected chi connectivity index (χ4v) is 3.31. The van der Waals surface area contributed by atoms with Gasteiger partial charge in [-0.25, -0.2) is 0 Å². The predicted octanol–water partition coefficient (Wildman–Crippen LogP) is 4.99. The van der Waals surface area contributed by atoms with E-state index in [4.69, 9.17) is 0 Å². The van der Waals surface area contributed by atoms with E-state index in [1.165, 1.54) is 29.6 Å². The van der Waals surface area contributed by atoms with Gasteiger partial charge in [0.05, 0.1) is 0 Å². The number of hydrogen-bond acceptors (Lipinski definition) is 1. The molecule has 0 spiro atoms. The molecule has 0 aromatic rings. The largest absolute Gasteiger partial charge is 0.294 e. The molecule has 0 saturated heterocycles. The molecule has 0 unspecified atom stereocenters. The van der Waals surface area contributed by atoms with Gasteiger partial charge in [-0.2, -0.15) is 0 Å². The SMILES string of the molecule is C=C(C)/C(C)=C(\C1=C(C)CC(C)(C)CC1=O)C1CC1. The van der Waals surface area contributed by atoms with Crippen LogP contribution in [0.15, 0.2) is 34.4 Å². The zero-order valence-corrected chi connectivity index (χ0v) is 13.0. The van der Waals surface area contributed by atoms with Crippen LogP contribution >= 0.6 is 0 Å². The van der Waals surface area contributed by atoms with Crippen LogP contribution in [0.4, 0.5) is 0 Å². The van der Waals surface area contributed by atoms with E-state index in [0.717, 1.165) is 17.6 Å². The van der Waals surface area contributed by atoms with E-state index >= 15 is 0 Å². The van der Waals surface area contributed by atoms with Crippen molar-refractivity contribution in [3.05, 3.63) is 34.4 Å². The van der Waals surface area contributed by atoms with E-state index in [1.807, 2.05) is 6.92 Å². The van der Waals surface area contributed by atoms with Gasteiger partial charge >= 0.3 is 0 Å². The fraction of sp³-hybridized carbons (Fsp3) is 0.611. The van der Waals surface area contributed by atoms with Crippen LogP contribution in [-0.4, -0.2) is 5.78 Å². The van der Waals surface area contributed by atoms with Crippen molar-refractivity contribution in [2.24, 2.45) is 11.3 Å². The molecule has 2 rings (SSSR count). The third kappa shape index (κ3) is 2.91. The van der Waals surface area contributed by atoms with Crippen molar-refractivity contribution >= 4 is 5.78 Å². The van der Waals surface area contributed by atoms with Crippen molar-refractivity contribution in [1.29, 1.82) is 0 Å². The number of carbonyl (C=O) groups is 1. The highest BCUT2D eigenvalue weighted by Crippen LogP contribution is 2.47. The predicted molar refractivity (Wildman–Crippen MR) is 81.0 cm³/mol. The van der Waals surface area contributed by atoms with E-state index in [-0.39, 0.29) is 5.41 Å². The molecule has 0 N–H and O–H groups in total. The molecule has 0 radical (unpaired) electrons. The molecule has 0 bridgehead atoms. The first kappa shape index (κ1) is 14.3. The topological polar surface area (TPSA) is 17.1 Å². The Morgan fingerprint density at radius 2 is 1.79 bits per heavy atom. The molecule has 2 aliphatic rings. The Hall–Kier alpha value is -1.11. The summed E-state index contributed by atoms with van der Waals surface area (Å²) in [5.74, 6) is 0.947. The van der Waals surface area contributed by atoms with Crippen molar-refractivity contribution in [2.75, 3.05) is 0 Å². The summed E-state index contributed by atoms with van der Waals surface area (Å²) in [6.07, 6.45) is 4.17. The first-order chi connectivity index (χ1) is 8.73. The van der Waals surface area contributed by atoms with Gasteiger partial charge < -0.3 is 0 Å². The maximum absolute atomic E-state index is 12.6. The van der Waals surface area contributed by atoms with Crippen molar-refractivity contribution in [3.63, 3.8) is 0 Å². The van der Waals surface area contributed by atoms with Crippen LogP contribution in [0, 0.1) is 11.3 Å². The zero-order valence-electron chi connectivity index (χ0n) is 13.0. The van der Waals surface area contributed by atoms with Gasteiger partial charge in [-0.05, 0) is 62.5 Å². The molecule has 0 atom stereocenters. The van der Waals surface area contributed by atoms with Crippen LogP contribution < -0.4 is 0 Å². The van der Waals surface area contributed by atoms with Crippen molar-refractivity contribution in [1.82, 2.24) is 0 Å². The lowest BCUT2D eigenvalue weighted by Crippen LogP contribution is -2.26. The Bertz CT molecular complexity index is 496. The van der Waals surface area contributed by atoms with Crippen LogP contribution in [-0.2, 0) is 4.79 Å². The minimum Gasteiger partial charge on any atom is -0.294 e. The summed E-state index contributed by atoms with van der Waals surface area (Å²) in [4.78, 5) is 12.6. The third-order valence-corrected chi connectivity index (χ3v) is 4.39. The molecular formula is C18H26O. The second-order valence-corrected chi connectivity index (χ2v) is 7.19. The maximum Gasteiger partial charge on any atom is 0.163 e. The van der Waals surface area contributed by atoms with Crippen molar-refractivity contribution in [3.8, 4) is 0 Å². The van der Waals surface area contributed by atoms with Crippen molar-refractivity contribution in [2.45, 2.75) is 60.3 Å². The van der Waals surface area contributed by atoms with Gasteiger partial charge in [0.15, 0.2) is 5.78 Å². The molecule has 1 nitrogen and oxygen atoms in total. The third-order valence-electron chi connectivity index (χ3n) is 4.39. The summed E-state index contributed by atoms with van der Waals surface area (Å²) >= 11 is 0. The van der Waals surface area contributed by atoms with Gasteiger partial charge in [0, 0.05) is 12.0 Å². The van der Waals surface area contributed by atoms with Crippen molar-refractivity contribution < 1.29 is 4.79 Å². The number of rotatable bonds is 3. The van der Waals surface area contributed by atoms with Gasteiger partial charge in [0.2, 0.25) is 0 Å². The number of Topliss-reactive ketones (excluding diaryl/α,β-unsaturated/α-hetero) is 1. The zero-order chi connectivity index (χ0) is 14.4. The Kier molecular flexibility index (Phi) is 3.59. The second-order valence-electron chi connectivity index (χ2n) is 7.19. The fourth-order valence-electron chi connectivity index (χ4n) is 3.31. The molecule has 1 saturated carbocycles. The minimum absolute atomic E-state index is 0.121. The molecular weight excluding hydrogens is 232 g/mol. The van der Waals surface area contributed by atoms with E-state index in [1.54, 1.807) is 0 Å². The molecule has 2 aliphatic carbocycles. The highest BCUT2D eigenvalue weighted by Gasteiger charge is 2.38. The average molecular weight is 258 g/mol. The summed E-state index contributed by atoms with van der Waals surface area (Å²) in [6, 6.07) is 0. The standard InChI is InChI=1S/C18H26O/c1-11(2)13(4)17(14-7-8-14)16-12(3)9-18(5,6)10-15(16)19/h14H,1,7-10H2,2-6H3/b17-13-. The molecule has 1 fully saturated rings. The van der Waals surface area contributed by atoms with Crippen LogP contribution in [0.1, 0.15) is 60.3 Å². The number of carbonyl (C=O) groups excluding carboxylic acids is 1. The first-order valence-electron chi connectivity index (χ1n) is 7.33. The molecule has 104 valence electrons. The second kappa shape index (κ2) is 4.77. The molecule has 19 heavy (non-hydrogen) atoms. The van der Waals surface area contributed by atoms with E-state index in [9.17, 15) is 4.79 Å². The number of ketones is 1. The molecule has 1 heteroatoms. The quantitative estimate of drug-likeness (QED) is 0.651. The molecule has 0 aromatic carbocycles. The Balaban J connectivity index is 2.51. The van der Waals surface area contributed by atoms with Gasteiger partial charge in [-0.3, -0.25) is 4.79 Å². The van der Waals surface area contributed by atoms with E-state index < -0.39 is 0 Å². The highest BCUT2D eigenvalue weighted by atomic mass is 16.1. The molecule has 0 heterocycles. The van der Waals surface area contributed by atoms with E-state index in [0.29, 0.717) is 18.1 Å². The number of allylic oxidation sites excluding steroid dienone is 5. The van der Waals surface area contributed by atoms with Gasteiger partial charge in [0.25, 0.3) is 0 Å². The lowest BCUT2D eigenvalue weighted by atomic mass is 9.71. The normalized spacial score (nSPS) is 24.4. The van der Waals surface area contributed by atoms with Crippen LogP contribution in [0.3, 0.4) is 0 Å². The summed E-state index contributed by atoms with van der Waals surface area (Å²) in [6.45, 7) is 14.8. The van der Waals surface area contributed by atoms with Gasteiger partial charge in [-0.1, -0.05) is 31.6 Å². The molecule has 0 amide bonds. The summed E-state index contributed by atoms with van der Waals surface area (Å²) in [5, 5.41) is 0. The number of hydrogen-bond donors (Lipinski definition) is 0. The monoisotopic (exact) mass is 258 g/mol. The smallest absolute Gasteiger partial charge is 0.163 e. The molecule has 0 aliphatic heterocycles. The Labute approximate surface area is 117 Å². The molecule has 0 aromatic heterocycles. The highest BCUT2D eigenvalue weighted by molar-refractivity contribution is 6.02. The maximum atomic E-state index is 12.6. The van der Waals surface area contributed by atoms with Crippen LogP contribution in [0.5, 0.6) is 0 Å². The first-order valence-corrected chi connectivity index (χ1v) is 7.33. The minimum atomic E-state index is 0.121. The van der Waals surface area contributed by atoms with Crippen LogP contribution in [0.25, 0.3) is 0 Å². The van der Waals surface area contributed by atoms with Gasteiger partial charge in [0.1, 0.15) is 0 Å². The summed E-state index contributed by atoms with van der Waals surface area (Å²) < 4.78 is 0.